The molecule has 0 aliphatic carbocycles. The fourth-order valence-electron chi connectivity index (χ4n) is 3.43. The summed E-state index contributed by atoms with van der Waals surface area (Å²) in [6.07, 6.45) is 1.69. The molecule has 0 bridgehead atoms. The molecule has 1 fully saturated rings. The van der Waals surface area contributed by atoms with Gasteiger partial charge in [0.2, 0.25) is 15.9 Å². The van der Waals surface area contributed by atoms with Crippen molar-refractivity contribution in [2.24, 2.45) is 0 Å². The minimum absolute atomic E-state index is 0.0199. The average Bonchev–Trinajstić information content (AvgIpc) is 3.24. The van der Waals surface area contributed by atoms with E-state index in [4.69, 9.17) is 15.3 Å². The molecule has 4 rings (SSSR count). The Hall–Kier alpha value is -3.06. The Morgan fingerprint density at radius 1 is 1.21 bits per heavy atom. The predicted octanol–water partition coefficient (Wildman–Crippen LogP) is 2.02. The highest BCUT2D eigenvalue weighted by atomic mass is 32.2. The van der Waals surface area contributed by atoms with Gasteiger partial charge >= 0.3 is 0 Å². The number of aromatic nitrogens is 2. The van der Waals surface area contributed by atoms with E-state index in [-0.39, 0.29) is 35.3 Å². The van der Waals surface area contributed by atoms with E-state index >= 15 is 0 Å². The molecule has 2 heterocycles. The molecule has 34 heavy (non-hydrogen) atoms. The lowest BCUT2D eigenvalue weighted by Crippen LogP contribution is -2.40. The van der Waals surface area contributed by atoms with Crippen LogP contribution in [-0.2, 0) is 19.6 Å². The number of hydrogen-bond acceptors (Lipinski definition) is 8. The number of ether oxygens (including phenoxy) is 2. The Bertz CT molecular complexity index is 1260. The molecule has 3 aromatic rings. The highest BCUT2D eigenvalue weighted by Gasteiger charge is 2.27. The molecule has 1 amide bonds. The van der Waals surface area contributed by atoms with Crippen LogP contribution in [0.15, 0.2) is 64.8 Å². The number of hydrogen-bond donors (Lipinski definition) is 2. The van der Waals surface area contributed by atoms with Crippen molar-refractivity contribution in [3.8, 4) is 17.0 Å². The standard InChI is InChI=1S/C22H25N5O5S2/c1-31-20-8-7-17(34(29,30)26-9-11-32-12-10-26)13-18(20)24-21(28)15-33-22-25-19(14-27(22)23)16-5-3-2-4-6-16/h2-8,13-14H,9-12,15,23H2,1H3,(H,24,28). The monoisotopic (exact) mass is 503 g/mol. The number of nitrogens with zero attached hydrogens (tertiary/aromatic N) is 3. The number of anilines is 1. The van der Waals surface area contributed by atoms with Crippen LogP contribution in [0.25, 0.3) is 11.3 Å². The molecule has 10 nitrogen and oxygen atoms in total. The van der Waals surface area contributed by atoms with Gasteiger partial charge in [0.05, 0.1) is 48.6 Å². The van der Waals surface area contributed by atoms with E-state index in [0.29, 0.717) is 29.8 Å². The molecule has 1 saturated heterocycles. The molecule has 2 aromatic carbocycles. The highest BCUT2D eigenvalue weighted by Crippen LogP contribution is 2.30. The summed E-state index contributed by atoms with van der Waals surface area (Å²) in [5.74, 6) is 6.02. The summed E-state index contributed by atoms with van der Waals surface area (Å²) in [4.78, 5) is 17.2. The van der Waals surface area contributed by atoms with Gasteiger partial charge in [-0.15, -0.1) is 0 Å². The molecule has 1 aliphatic rings. The van der Waals surface area contributed by atoms with Crippen molar-refractivity contribution in [2.75, 3.05) is 50.3 Å². The van der Waals surface area contributed by atoms with Crippen molar-refractivity contribution >= 4 is 33.4 Å². The Morgan fingerprint density at radius 3 is 2.65 bits per heavy atom. The quantitative estimate of drug-likeness (QED) is 0.353. The normalized spacial score (nSPS) is 14.6. The number of carbonyl (C=O) groups excluding carboxylic acids is 1. The summed E-state index contributed by atoms with van der Waals surface area (Å²) in [6, 6.07) is 14.0. The lowest BCUT2D eigenvalue weighted by Gasteiger charge is -2.26. The van der Waals surface area contributed by atoms with Crippen LogP contribution in [0.3, 0.4) is 0 Å². The van der Waals surface area contributed by atoms with E-state index in [1.54, 1.807) is 6.20 Å². The van der Waals surface area contributed by atoms with Gasteiger partial charge in [0.15, 0.2) is 5.16 Å². The van der Waals surface area contributed by atoms with E-state index in [2.05, 4.69) is 10.3 Å². The van der Waals surface area contributed by atoms with Crippen molar-refractivity contribution in [2.45, 2.75) is 10.1 Å². The summed E-state index contributed by atoms with van der Waals surface area (Å²) >= 11 is 1.17. The van der Waals surface area contributed by atoms with Crippen LogP contribution < -0.4 is 15.9 Å². The number of methoxy groups -OCH3 is 1. The second kappa shape index (κ2) is 10.5. The predicted molar refractivity (Wildman–Crippen MR) is 130 cm³/mol. The molecule has 0 radical (unpaired) electrons. The first-order valence-electron chi connectivity index (χ1n) is 10.5. The molecule has 0 spiro atoms. The van der Waals surface area contributed by atoms with Crippen LogP contribution in [-0.4, -0.2) is 67.5 Å². The first-order chi connectivity index (χ1) is 16.4. The van der Waals surface area contributed by atoms with Crippen LogP contribution in [0.4, 0.5) is 5.69 Å². The number of carbonyl (C=O) groups is 1. The van der Waals surface area contributed by atoms with Gasteiger partial charge in [-0.25, -0.2) is 18.1 Å². The Labute approximate surface area is 202 Å². The van der Waals surface area contributed by atoms with Crippen LogP contribution in [0, 0.1) is 0 Å². The maximum absolute atomic E-state index is 13.0. The Morgan fingerprint density at radius 2 is 1.94 bits per heavy atom. The van der Waals surface area contributed by atoms with E-state index in [9.17, 15) is 13.2 Å². The molecule has 0 atom stereocenters. The summed E-state index contributed by atoms with van der Waals surface area (Å²) in [6.45, 7) is 1.25. The number of rotatable bonds is 8. The van der Waals surface area contributed by atoms with E-state index in [1.807, 2.05) is 30.3 Å². The van der Waals surface area contributed by atoms with Gasteiger partial charge in [-0.1, -0.05) is 42.1 Å². The molecule has 3 N–H and O–H groups in total. The smallest absolute Gasteiger partial charge is 0.243 e. The minimum atomic E-state index is -3.72. The van der Waals surface area contributed by atoms with Gasteiger partial charge in [-0.2, -0.15) is 4.31 Å². The SMILES string of the molecule is COc1ccc(S(=O)(=O)N2CCOCC2)cc1NC(=O)CSc1nc(-c2ccccc2)cn1N. The largest absolute Gasteiger partial charge is 0.495 e. The molecule has 1 aromatic heterocycles. The maximum atomic E-state index is 13.0. The van der Waals surface area contributed by atoms with Crippen LogP contribution in [0.5, 0.6) is 5.75 Å². The van der Waals surface area contributed by atoms with E-state index in [1.165, 1.54) is 46.1 Å². The van der Waals surface area contributed by atoms with Crippen LogP contribution in [0.1, 0.15) is 0 Å². The van der Waals surface area contributed by atoms with Crippen molar-refractivity contribution < 1.29 is 22.7 Å². The lowest BCUT2D eigenvalue weighted by molar-refractivity contribution is -0.113. The zero-order valence-electron chi connectivity index (χ0n) is 18.5. The highest BCUT2D eigenvalue weighted by molar-refractivity contribution is 7.99. The third-order valence-corrected chi connectivity index (χ3v) is 8.01. The number of morpholine rings is 1. The number of nitrogen functional groups attached to an aromatic ring is 1. The van der Waals surface area contributed by atoms with Gasteiger partial charge in [-0.3, -0.25) is 4.79 Å². The molecular weight excluding hydrogens is 478 g/mol. The molecule has 0 unspecified atom stereocenters. The van der Waals surface area contributed by atoms with Crippen molar-refractivity contribution in [1.29, 1.82) is 0 Å². The van der Waals surface area contributed by atoms with Gasteiger partial charge in [-0.05, 0) is 18.2 Å². The van der Waals surface area contributed by atoms with Crippen LogP contribution >= 0.6 is 11.8 Å². The molecule has 0 saturated carbocycles. The van der Waals surface area contributed by atoms with E-state index < -0.39 is 10.0 Å². The van der Waals surface area contributed by atoms with Gasteiger partial charge < -0.3 is 20.6 Å². The average molecular weight is 504 g/mol. The summed E-state index contributed by atoms with van der Waals surface area (Å²) in [7, 11) is -2.27. The second-order valence-corrected chi connectivity index (χ2v) is 10.3. The topological polar surface area (TPSA) is 129 Å². The number of imidazole rings is 1. The van der Waals surface area contributed by atoms with Crippen molar-refractivity contribution in [3.63, 3.8) is 0 Å². The van der Waals surface area contributed by atoms with Gasteiger partial charge in [0, 0.05) is 18.7 Å². The zero-order valence-corrected chi connectivity index (χ0v) is 20.1. The summed E-state index contributed by atoms with van der Waals surface area (Å²) < 4.78 is 39.2. The Kier molecular flexibility index (Phi) is 7.41. The number of nitrogens with one attached hydrogen (secondary N) is 1. The summed E-state index contributed by atoms with van der Waals surface area (Å²) in [5.41, 5.74) is 1.89. The zero-order chi connectivity index (χ0) is 24.1. The van der Waals surface area contributed by atoms with Crippen molar-refractivity contribution in [1.82, 2.24) is 14.0 Å². The Balaban J connectivity index is 1.45. The fourth-order valence-corrected chi connectivity index (χ4v) is 5.56. The maximum Gasteiger partial charge on any atom is 0.243 e. The number of thioether (sulfide) groups is 1. The molecule has 1 aliphatic heterocycles. The van der Waals surface area contributed by atoms with Crippen molar-refractivity contribution in [3.05, 3.63) is 54.7 Å². The fraction of sp³-hybridized carbons (Fsp3) is 0.273. The van der Waals surface area contributed by atoms with Crippen LogP contribution in [0.2, 0.25) is 0 Å². The van der Waals surface area contributed by atoms with E-state index in [0.717, 1.165) is 5.56 Å². The number of benzene rings is 2. The molecule has 12 heteroatoms. The summed E-state index contributed by atoms with van der Waals surface area (Å²) in [5, 5.41) is 3.21. The third kappa shape index (κ3) is 5.36. The third-order valence-electron chi connectivity index (χ3n) is 5.15. The minimum Gasteiger partial charge on any atom is -0.495 e. The second-order valence-electron chi connectivity index (χ2n) is 7.40. The first kappa shape index (κ1) is 24.1. The van der Waals surface area contributed by atoms with Gasteiger partial charge in [0.1, 0.15) is 5.75 Å². The molecular formula is C22H25N5O5S2. The first-order valence-corrected chi connectivity index (χ1v) is 12.9. The number of amides is 1. The van der Waals surface area contributed by atoms with Gasteiger partial charge in [0.25, 0.3) is 0 Å². The lowest BCUT2D eigenvalue weighted by atomic mass is 10.2. The molecule has 180 valence electrons. The number of nitrogens with two attached hydrogens (primary N) is 1. The number of sulfonamides is 1.